The van der Waals surface area contributed by atoms with Crippen molar-refractivity contribution >= 4 is 17.2 Å². The summed E-state index contributed by atoms with van der Waals surface area (Å²) in [6.45, 7) is 1.91. The zero-order valence-electron chi connectivity index (χ0n) is 10.6. The third-order valence-electron chi connectivity index (χ3n) is 2.89. The molecule has 1 aromatic carbocycles. The van der Waals surface area contributed by atoms with E-state index in [0.717, 1.165) is 28.3 Å². The molecule has 0 aliphatic rings. The zero-order chi connectivity index (χ0) is 13.4. The van der Waals surface area contributed by atoms with E-state index in [2.05, 4.69) is 10.1 Å². The first kappa shape index (κ1) is 12.0. The first-order chi connectivity index (χ1) is 9.17. The van der Waals surface area contributed by atoms with E-state index in [1.807, 2.05) is 43.3 Å². The number of fused-ring (bicyclic) bond motifs is 1. The van der Waals surface area contributed by atoms with Gasteiger partial charge in [-0.05, 0) is 31.2 Å². The van der Waals surface area contributed by atoms with Gasteiger partial charge in [-0.2, -0.15) is 5.10 Å². The van der Waals surface area contributed by atoms with Crippen LogP contribution in [0.25, 0.3) is 16.9 Å². The van der Waals surface area contributed by atoms with E-state index in [9.17, 15) is 0 Å². The van der Waals surface area contributed by atoms with Gasteiger partial charge in [0.15, 0.2) is 5.65 Å². The maximum Gasteiger partial charge on any atom is 0.157 e. The van der Waals surface area contributed by atoms with Crippen molar-refractivity contribution in [2.45, 2.75) is 6.92 Å². The van der Waals surface area contributed by atoms with Crippen molar-refractivity contribution in [3.63, 3.8) is 0 Å². The fourth-order valence-electron chi connectivity index (χ4n) is 1.96. The highest BCUT2D eigenvalue weighted by molar-refractivity contribution is 6.30. The molecule has 0 bridgehead atoms. The third-order valence-corrected chi connectivity index (χ3v) is 3.16. The third kappa shape index (κ3) is 2.15. The molecule has 0 aliphatic heterocycles. The van der Waals surface area contributed by atoms with Gasteiger partial charge in [0.25, 0.3) is 0 Å². The van der Waals surface area contributed by atoms with Gasteiger partial charge in [0, 0.05) is 17.7 Å². The summed E-state index contributed by atoms with van der Waals surface area (Å²) in [6, 6.07) is 11.4. The van der Waals surface area contributed by atoms with Gasteiger partial charge < -0.3 is 4.74 Å². The van der Waals surface area contributed by atoms with Crippen molar-refractivity contribution in [3.05, 3.63) is 47.2 Å². The molecule has 0 saturated carbocycles. The van der Waals surface area contributed by atoms with Crippen molar-refractivity contribution in [2.75, 3.05) is 7.11 Å². The lowest BCUT2D eigenvalue weighted by molar-refractivity contribution is 0.415. The van der Waals surface area contributed by atoms with Crippen LogP contribution in [0.4, 0.5) is 0 Å². The van der Waals surface area contributed by atoms with Gasteiger partial charge in [0.1, 0.15) is 10.9 Å². The van der Waals surface area contributed by atoms with Crippen molar-refractivity contribution in [1.82, 2.24) is 14.6 Å². The molecule has 3 rings (SSSR count). The Morgan fingerprint density at radius 3 is 2.58 bits per heavy atom. The summed E-state index contributed by atoms with van der Waals surface area (Å²) < 4.78 is 6.77. The SMILES string of the molecule is COc1ccc(-c2cc(Cl)n3nc(C)cc3n2)cc1. The highest BCUT2D eigenvalue weighted by Gasteiger charge is 2.08. The van der Waals surface area contributed by atoms with Gasteiger partial charge >= 0.3 is 0 Å². The molecule has 5 heteroatoms. The van der Waals surface area contributed by atoms with E-state index in [1.54, 1.807) is 11.6 Å². The van der Waals surface area contributed by atoms with Crippen LogP contribution in [0.1, 0.15) is 5.69 Å². The van der Waals surface area contributed by atoms with Gasteiger partial charge in [-0.15, -0.1) is 0 Å². The van der Waals surface area contributed by atoms with Gasteiger partial charge in [0.05, 0.1) is 18.5 Å². The summed E-state index contributed by atoms with van der Waals surface area (Å²) in [6.07, 6.45) is 0. The molecule has 3 aromatic rings. The first-order valence-electron chi connectivity index (χ1n) is 5.85. The lowest BCUT2D eigenvalue weighted by Crippen LogP contribution is -1.94. The van der Waals surface area contributed by atoms with Crippen LogP contribution in [0.2, 0.25) is 5.15 Å². The van der Waals surface area contributed by atoms with Gasteiger partial charge in [-0.3, -0.25) is 0 Å². The number of methoxy groups -OCH3 is 1. The maximum absolute atomic E-state index is 6.22. The summed E-state index contributed by atoms with van der Waals surface area (Å²) >= 11 is 6.22. The molecule has 96 valence electrons. The van der Waals surface area contributed by atoms with E-state index < -0.39 is 0 Å². The van der Waals surface area contributed by atoms with E-state index in [4.69, 9.17) is 16.3 Å². The van der Waals surface area contributed by atoms with E-state index in [-0.39, 0.29) is 0 Å². The van der Waals surface area contributed by atoms with E-state index in [0.29, 0.717) is 5.15 Å². The number of nitrogens with zero attached hydrogens (tertiary/aromatic N) is 3. The molecule has 0 saturated heterocycles. The summed E-state index contributed by atoms with van der Waals surface area (Å²) in [7, 11) is 1.64. The average molecular weight is 274 g/mol. The predicted molar refractivity (Wildman–Crippen MR) is 74.7 cm³/mol. The van der Waals surface area contributed by atoms with Crippen LogP contribution in [-0.4, -0.2) is 21.7 Å². The number of rotatable bonds is 2. The highest BCUT2D eigenvalue weighted by Crippen LogP contribution is 2.24. The molecule has 0 fully saturated rings. The molecule has 0 atom stereocenters. The Labute approximate surface area is 115 Å². The minimum absolute atomic E-state index is 0.545. The number of benzene rings is 1. The molecular formula is C14H12ClN3O. The summed E-state index contributed by atoms with van der Waals surface area (Å²) in [5.74, 6) is 0.816. The quantitative estimate of drug-likeness (QED) is 0.672. The van der Waals surface area contributed by atoms with Gasteiger partial charge in [-0.1, -0.05) is 11.6 Å². The maximum atomic E-state index is 6.22. The monoisotopic (exact) mass is 273 g/mol. The molecule has 0 amide bonds. The molecule has 0 unspecified atom stereocenters. The summed E-state index contributed by atoms with van der Waals surface area (Å²) in [5, 5.41) is 4.82. The van der Waals surface area contributed by atoms with Crippen molar-refractivity contribution in [1.29, 1.82) is 0 Å². The second-order valence-corrected chi connectivity index (χ2v) is 4.64. The van der Waals surface area contributed by atoms with Crippen LogP contribution in [-0.2, 0) is 0 Å². The van der Waals surface area contributed by atoms with Crippen LogP contribution >= 0.6 is 11.6 Å². The number of hydrogen-bond donors (Lipinski definition) is 0. The van der Waals surface area contributed by atoms with Crippen LogP contribution in [0.5, 0.6) is 5.75 Å². The Kier molecular flexibility index (Phi) is 2.87. The Hall–Kier alpha value is -2.07. The first-order valence-corrected chi connectivity index (χ1v) is 6.22. The lowest BCUT2D eigenvalue weighted by atomic mass is 10.1. The minimum atomic E-state index is 0.545. The molecular weight excluding hydrogens is 262 g/mol. The Morgan fingerprint density at radius 2 is 1.89 bits per heavy atom. The molecule has 4 nitrogen and oxygen atoms in total. The Balaban J connectivity index is 2.13. The van der Waals surface area contributed by atoms with E-state index in [1.165, 1.54) is 0 Å². The average Bonchev–Trinajstić information content (AvgIpc) is 2.80. The largest absolute Gasteiger partial charge is 0.497 e. The number of aromatic nitrogens is 3. The summed E-state index contributed by atoms with van der Waals surface area (Å²) in [4.78, 5) is 4.56. The van der Waals surface area contributed by atoms with Crippen LogP contribution in [0, 0.1) is 6.92 Å². The highest BCUT2D eigenvalue weighted by atomic mass is 35.5. The van der Waals surface area contributed by atoms with Gasteiger partial charge in [0.2, 0.25) is 0 Å². The zero-order valence-corrected chi connectivity index (χ0v) is 11.3. The standard InChI is InChI=1S/C14H12ClN3O/c1-9-7-14-16-12(8-13(15)18(14)17-9)10-3-5-11(19-2)6-4-10/h3-8H,1-2H3. The number of ether oxygens (including phenoxy) is 1. The van der Waals surface area contributed by atoms with Crippen LogP contribution in [0.3, 0.4) is 0 Å². The number of aryl methyl sites for hydroxylation is 1. The molecule has 2 heterocycles. The van der Waals surface area contributed by atoms with E-state index >= 15 is 0 Å². The topological polar surface area (TPSA) is 39.4 Å². The summed E-state index contributed by atoms with van der Waals surface area (Å²) in [5.41, 5.74) is 3.45. The second kappa shape index (κ2) is 4.55. The minimum Gasteiger partial charge on any atom is -0.497 e. The van der Waals surface area contributed by atoms with Crippen LogP contribution in [0.15, 0.2) is 36.4 Å². The predicted octanol–water partition coefficient (Wildman–Crippen LogP) is 3.37. The number of halogens is 1. The van der Waals surface area contributed by atoms with Crippen molar-refractivity contribution in [3.8, 4) is 17.0 Å². The Morgan fingerprint density at radius 1 is 1.16 bits per heavy atom. The Bertz CT molecular complexity index is 734. The van der Waals surface area contributed by atoms with Crippen molar-refractivity contribution in [2.24, 2.45) is 0 Å². The molecule has 19 heavy (non-hydrogen) atoms. The van der Waals surface area contributed by atoms with Gasteiger partial charge in [-0.25, -0.2) is 9.50 Å². The molecule has 2 aromatic heterocycles. The molecule has 0 radical (unpaired) electrons. The second-order valence-electron chi connectivity index (χ2n) is 4.25. The van der Waals surface area contributed by atoms with Crippen molar-refractivity contribution < 1.29 is 4.74 Å². The molecule has 0 aliphatic carbocycles. The normalized spacial score (nSPS) is 10.9. The van der Waals surface area contributed by atoms with Crippen LogP contribution < -0.4 is 4.74 Å². The molecule has 0 N–H and O–H groups in total. The fourth-order valence-corrected chi connectivity index (χ4v) is 2.19. The smallest absolute Gasteiger partial charge is 0.157 e. The number of hydrogen-bond acceptors (Lipinski definition) is 3. The molecule has 0 spiro atoms. The fraction of sp³-hybridized carbons (Fsp3) is 0.143. The lowest BCUT2D eigenvalue weighted by Gasteiger charge is -2.05.